The highest BCUT2D eigenvalue weighted by Gasteiger charge is 2.41. The number of likely N-dealkylation sites (tertiary alicyclic amines) is 1. The predicted octanol–water partition coefficient (Wildman–Crippen LogP) is -0.568. The van der Waals surface area contributed by atoms with Crippen molar-refractivity contribution in [2.24, 2.45) is 5.92 Å². The van der Waals surface area contributed by atoms with E-state index in [-0.39, 0.29) is 17.8 Å². The van der Waals surface area contributed by atoms with Crippen LogP contribution >= 0.6 is 0 Å². The van der Waals surface area contributed by atoms with Crippen molar-refractivity contribution in [3.63, 3.8) is 0 Å². The molecule has 2 heterocycles. The molecule has 0 spiro atoms. The Hall–Kier alpha value is -1.15. The minimum Gasteiger partial charge on any atom is -0.469 e. The van der Waals surface area contributed by atoms with Crippen molar-refractivity contribution in [3.8, 4) is 0 Å². The third kappa shape index (κ3) is 2.95. The average Bonchev–Trinajstić information content (AvgIpc) is 3.04. The molecule has 7 nitrogen and oxygen atoms in total. The van der Waals surface area contributed by atoms with E-state index in [0.29, 0.717) is 38.9 Å². The van der Waals surface area contributed by atoms with Crippen molar-refractivity contribution in [1.29, 1.82) is 0 Å². The Labute approximate surface area is 118 Å². The van der Waals surface area contributed by atoms with E-state index in [9.17, 15) is 18.0 Å². The molecule has 0 saturated carbocycles. The molecule has 2 saturated heterocycles. The van der Waals surface area contributed by atoms with E-state index >= 15 is 0 Å². The first-order valence-electron chi connectivity index (χ1n) is 6.68. The molecule has 8 heteroatoms. The highest BCUT2D eigenvalue weighted by atomic mass is 32.2. The van der Waals surface area contributed by atoms with Gasteiger partial charge in [-0.05, 0) is 19.3 Å². The van der Waals surface area contributed by atoms with E-state index in [0.717, 1.165) is 6.26 Å². The van der Waals surface area contributed by atoms with Crippen LogP contribution in [0.2, 0.25) is 0 Å². The van der Waals surface area contributed by atoms with Crippen LogP contribution in [-0.2, 0) is 24.3 Å². The Morgan fingerprint density at radius 1 is 1.20 bits per heavy atom. The molecule has 0 aromatic carbocycles. The summed E-state index contributed by atoms with van der Waals surface area (Å²) in [6.07, 6.45) is 2.94. The number of carbonyl (C=O) groups is 2. The van der Waals surface area contributed by atoms with E-state index in [4.69, 9.17) is 0 Å². The molecule has 1 amide bonds. The summed E-state index contributed by atoms with van der Waals surface area (Å²) in [7, 11) is -2.04. The maximum atomic E-state index is 12.4. The monoisotopic (exact) mass is 304 g/mol. The van der Waals surface area contributed by atoms with Crippen LogP contribution < -0.4 is 0 Å². The van der Waals surface area contributed by atoms with Crippen molar-refractivity contribution in [3.05, 3.63) is 0 Å². The highest BCUT2D eigenvalue weighted by molar-refractivity contribution is 7.88. The summed E-state index contributed by atoms with van der Waals surface area (Å²) >= 11 is 0. The third-order valence-corrected chi connectivity index (χ3v) is 5.24. The van der Waals surface area contributed by atoms with Gasteiger partial charge in [0.05, 0.1) is 19.3 Å². The van der Waals surface area contributed by atoms with Crippen molar-refractivity contribution >= 4 is 21.9 Å². The minimum absolute atomic E-state index is 0.195. The summed E-state index contributed by atoms with van der Waals surface area (Å²) < 4.78 is 29.3. The number of esters is 1. The lowest BCUT2D eigenvalue weighted by Gasteiger charge is -2.26. The lowest BCUT2D eigenvalue weighted by molar-refractivity contribution is -0.145. The van der Waals surface area contributed by atoms with Gasteiger partial charge in [0.15, 0.2) is 0 Å². The molecule has 0 aromatic heterocycles. The average molecular weight is 304 g/mol. The molecular formula is C12H20N2O5S. The van der Waals surface area contributed by atoms with Crippen LogP contribution in [0.4, 0.5) is 0 Å². The molecule has 2 unspecified atom stereocenters. The zero-order chi connectivity index (χ0) is 14.9. The third-order valence-electron chi connectivity index (χ3n) is 3.95. The molecule has 0 radical (unpaired) electrons. The number of amides is 1. The standard InChI is InChI=1S/C12H20N2O5S/c1-19-12(16)9-5-7-13(8-9)11(15)10-4-3-6-14(10)20(2,17)18/h9-10H,3-8H2,1-2H3. The zero-order valence-corrected chi connectivity index (χ0v) is 12.6. The Kier molecular flexibility index (Phi) is 4.33. The van der Waals surface area contributed by atoms with Gasteiger partial charge in [-0.25, -0.2) is 8.42 Å². The molecule has 2 atom stereocenters. The maximum Gasteiger partial charge on any atom is 0.310 e. The Morgan fingerprint density at radius 2 is 1.90 bits per heavy atom. The summed E-state index contributed by atoms with van der Waals surface area (Å²) in [5.41, 5.74) is 0. The number of methoxy groups -OCH3 is 1. The Morgan fingerprint density at radius 3 is 2.50 bits per heavy atom. The predicted molar refractivity (Wildman–Crippen MR) is 71.3 cm³/mol. The molecule has 2 rings (SSSR count). The summed E-state index contributed by atoms with van der Waals surface area (Å²) in [5.74, 6) is -0.803. The first kappa shape index (κ1) is 15.2. The summed E-state index contributed by atoms with van der Waals surface area (Å²) in [6.45, 7) is 1.19. The molecule has 2 fully saturated rings. The molecule has 2 aliphatic rings. The quantitative estimate of drug-likeness (QED) is 0.652. The smallest absolute Gasteiger partial charge is 0.310 e. The molecule has 0 bridgehead atoms. The Balaban J connectivity index is 2.04. The van der Waals surface area contributed by atoms with E-state index in [1.165, 1.54) is 11.4 Å². The van der Waals surface area contributed by atoms with Crippen LogP contribution in [0.5, 0.6) is 0 Å². The molecule has 20 heavy (non-hydrogen) atoms. The molecule has 0 N–H and O–H groups in total. The number of rotatable bonds is 3. The number of carbonyl (C=O) groups excluding carboxylic acids is 2. The van der Waals surface area contributed by atoms with Gasteiger partial charge < -0.3 is 9.64 Å². The van der Waals surface area contributed by atoms with E-state index < -0.39 is 16.1 Å². The SMILES string of the molecule is COC(=O)C1CCN(C(=O)C2CCCN2S(C)(=O)=O)C1. The molecule has 0 aromatic rings. The van der Waals surface area contributed by atoms with Crippen LogP contribution in [0.25, 0.3) is 0 Å². The van der Waals surface area contributed by atoms with Gasteiger partial charge in [-0.15, -0.1) is 0 Å². The maximum absolute atomic E-state index is 12.4. The van der Waals surface area contributed by atoms with Crippen LogP contribution in [0.1, 0.15) is 19.3 Å². The van der Waals surface area contributed by atoms with Gasteiger partial charge >= 0.3 is 5.97 Å². The normalized spacial score (nSPS) is 27.8. The molecule has 2 aliphatic heterocycles. The highest BCUT2D eigenvalue weighted by Crippen LogP contribution is 2.25. The van der Waals surface area contributed by atoms with Gasteiger partial charge in [-0.1, -0.05) is 0 Å². The lowest BCUT2D eigenvalue weighted by atomic mass is 10.1. The largest absolute Gasteiger partial charge is 0.469 e. The Bertz CT molecular complexity index is 504. The van der Waals surface area contributed by atoms with Gasteiger partial charge in [0.25, 0.3) is 0 Å². The van der Waals surface area contributed by atoms with Crippen molar-refractivity contribution in [2.45, 2.75) is 25.3 Å². The lowest BCUT2D eigenvalue weighted by Crippen LogP contribution is -2.46. The van der Waals surface area contributed by atoms with E-state index in [2.05, 4.69) is 4.74 Å². The number of nitrogens with zero attached hydrogens (tertiary/aromatic N) is 2. The fraction of sp³-hybridized carbons (Fsp3) is 0.833. The molecule has 114 valence electrons. The van der Waals surface area contributed by atoms with Crippen LogP contribution in [0.3, 0.4) is 0 Å². The summed E-state index contributed by atoms with van der Waals surface area (Å²) in [5, 5.41) is 0. The minimum atomic E-state index is -3.37. The fourth-order valence-electron chi connectivity index (χ4n) is 2.91. The number of hydrogen-bond donors (Lipinski definition) is 0. The number of ether oxygens (including phenoxy) is 1. The second-order valence-electron chi connectivity index (χ2n) is 5.32. The van der Waals surface area contributed by atoms with Crippen LogP contribution in [-0.4, -0.2) is 68.5 Å². The number of sulfonamides is 1. The van der Waals surface area contributed by atoms with Crippen LogP contribution in [0, 0.1) is 5.92 Å². The second kappa shape index (κ2) is 5.69. The summed E-state index contributed by atoms with van der Waals surface area (Å²) in [4.78, 5) is 25.5. The molecular weight excluding hydrogens is 284 g/mol. The van der Waals surface area contributed by atoms with Gasteiger partial charge in [0.1, 0.15) is 6.04 Å². The summed E-state index contributed by atoms with van der Waals surface area (Å²) in [6, 6.07) is -0.610. The van der Waals surface area contributed by atoms with Crippen molar-refractivity contribution in [1.82, 2.24) is 9.21 Å². The van der Waals surface area contributed by atoms with Gasteiger partial charge in [-0.2, -0.15) is 4.31 Å². The first-order chi connectivity index (χ1) is 9.34. The van der Waals surface area contributed by atoms with Gasteiger partial charge in [0, 0.05) is 19.6 Å². The van der Waals surface area contributed by atoms with Crippen molar-refractivity contribution in [2.75, 3.05) is 33.0 Å². The zero-order valence-electron chi connectivity index (χ0n) is 11.7. The van der Waals surface area contributed by atoms with Gasteiger partial charge in [-0.3, -0.25) is 9.59 Å². The molecule has 0 aliphatic carbocycles. The number of hydrogen-bond acceptors (Lipinski definition) is 5. The van der Waals surface area contributed by atoms with Gasteiger partial charge in [0.2, 0.25) is 15.9 Å². The van der Waals surface area contributed by atoms with Crippen molar-refractivity contribution < 1.29 is 22.7 Å². The second-order valence-corrected chi connectivity index (χ2v) is 7.26. The topological polar surface area (TPSA) is 84.0 Å². The fourth-order valence-corrected chi connectivity index (χ4v) is 4.03. The first-order valence-corrected chi connectivity index (χ1v) is 8.53. The van der Waals surface area contributed by atoms with Crippen LogP contribution in [0.15, 0.2) is 0 Å². The van der Waals surface area contributed by atoms with E-state index in [1.54, 1.807) is 4.90 Å². The van der Waals surface area contributed by atoms with E-state index in [1.807, 2.05) is 0 Å².